The number of hydrogen-bond donors (Lipinski definition) is 0. The van der Waals surface area contributed by atoms with E-state index in [2.05, 4.69) is 23.1 Å². The van der Waals surface area contributed by atoms with E-state index in [0.717, 1.165) is 66.9 Å². The van der Waals surface area contributed by atoms with Crippen LogP contribution in [0.1, 0.15) is 5.56 Å². The van der Waals surface area contributed by atoms with Gasteiger partial charge in [-0.3, -0.25) is 0 Å². The van der Waals surface area contributed by atoms with Gasteiger partial charge in [0, 0.05) is 36.2 Å². The molecule has 0 atom stereocenters. The van der Waals surface area contributed by atoms with Crippen molar-refractivity contribution >= 4 is 5.82 Å². The number of fused-ring (bicyclic) bond motifs is 3. The van der Waals surface area contributed by atoms with Gasteiger partial charge in [-0.05, 0) is 12.1 Å². The van der Waals surface area contributed by atoms with E-state index in [1.165, 1.54) is 5.56 Å². The van der Waals surface area contributed by atoms with Crippen molar-refractivity contribution in [2.45, 2.75) is 6.42 Å². The van der Waals surface area contributed by atoms with Gasteiger partial charge in [-0.25, -0.2) is 9.97 Å². The van der Waals surface area contributed by atoms with Crippen molar-refractivity contribution in [2.24, 2.45) is 0 Å². The average Bonchev–Trinajstić information content (AvgIpc) is 2.94. The van der Waals surface area contributed by atoms with E-state index in [9.17, 15) is 0 Å². The van der Waals surface area contributed by atoms with Crippen LogP contribution in [0, 0.1) is 0 Å². The van der Waals surface area contributed by atoms with Crippen molar-refractivity contribution in [2.75, 3.05) is 37.8 Å². The van der Waals surface area contributed by atoms with Crippen LogP contribution in [0.3, 0.4) is 0 Å². The summed E-state index contributed by atoms with van der Waals surface area (Å²) in [7, 11) is 0. The Kier molecular flexibility index (Phi) is 4.22. The number of ether oxygens (including phenoxy) is 2. The molecule has 27 heavy (non-hydrogen) atoms. The Labute approximate surface area is 158 Å². The fourth-order valence-electron chi connectivity index (χ4n) is 3.73. The second kappa shape index (κ2) is 7.00. The van der Waals surface area contributed by atoms with Crippen LogP contribution in [0.4, 0.5) is 5.82 Å². The lowest BCUT2D eigenvalue weighted by Gasteiger charge is -2.30. The van der Waals surface area contributed by atoms with Crippen molar-refractivity contribution in [3.8, 4) is 28.4 Å². The molecule has 0 N–H and O–H groups in total. The summed E-state index contributed by atoms with van der Waals surface area (Å²) in [6, 6.07) is 18.3. The summed E-state index contributed by atoms with van der Waals surface area (Å²) in [5.41, 5.74) is 4.22. The topological polar surface area (TPSA) is 47.5 Å². The summed E-state index contributed by atoms with van der Waals surface area (Å²) in [6.45, 7) is 3.79. The van der Waals surface area contributed by atoms with Crippen molar-refractivity contribution in [3.05, 3.63) is 60.2 Å². The average molecular weight is 359 g/mol. The van der Waals surface area contributed by atoms with Gasteiger partial charge in [0.2, 0.25) is 0 Å². The minimum Gasteiger partial charge on any atom is -0.493 e. The molecule has 0 amide bonds. The number of aromatic nitrogens is 2. The van der Waals surface area contributed by atoms with Gasteiger partial charge >= 0.3 is 0 Å². The second-order valence-electron chi connectivity index (χ2n) is 6.76. The molecule has 0 spiro atoms. The predicted molar refractivity (Wildman–Crippen MR) is 105 cm³/mol. The molecule has 0 bridgehead atoms. The van der Waals surface area contributed by atoms with E-state index >= 15 is 0 Å². The normalized spacial score (nSPS) is 16.1. The largest absolute Gasteiger partial charge is 0.493 e. The molecule has 1 aromatic heterocycles. The SMILES string of the molecule is c1ccc(-c2nc3c(c(N4CCOCC4)n2)CCOc2ccccc2-3)cc1. The molecule has 3 heterocycles. The minimum absolute atomic E-state index is 0.634. The fraction of sp³-hybridized carbons (Fsp3) is 0.273. The van der Waals surface area contributed by atoms with Crippen LogP contribution in [0.25, 0.3) is 22.6 Å². The Morgan fingerprint density at radius 2 is 1.59 bits per heavy atom. The third-order valence-electron chi connectivity index (χ3n) is 5.08. The zero-order valence-electron chi connectivity index (χ0n) is 15.1. The first-order valence-corrected chi connectivity index (χ1v) is 9.41. The summed E-state index contributed by atoms with van der Waals surface area (Å²) >= 11 is 0. The quantitative estimate of drug-likeness (QED) is 0.700. The minimum atomic E-state index is 0.634. The molecule has 2 aliphatic heterocycles. The van der Waals surface area contributed by atoms with E-state index in [0.29, 0.717) is 6.61 Å². The molecule has 0 unspecified atom stereocenters. The summed E-state index contributed by atoms with van der Waals surface area (Å²) in [5, 5.41) is 0. The summed E-state index contributed by atoms with van der Waals surface area (Å²) < 4.78 is 11.6. The van der Waals surface area contributed by atoms with Gasteiger partial charge in [-0.1, -0.05) is 42.5 Å². The maximum atomic E-state index is 6.01. The van der Waals surface area contributed by atoms with Crippen LogP contribution >= 0.6 is 0 Å². The number of para-hydroxylation sites is 1. The van der Waals surface area contributed by atoms with Crippen LogP contribution in [-0.2, 0) is 11.2 Å². The van der Waals surface area contributed by atoms with E-state index in [4.69, 9.17) is 19.4 Å². The zero-order chi connectivity index (χ0) is 18.1. The Balaban J connectivity index is 1.74. The molecule has 5 nitrogen and oxygen atoms in total. The van der Waals surface area contributed by atoms with Crippen LogP contribution in [0.2, 0.25) is 0 Å². The number of rotatable bonds is 2. The first-order chi connectivity index (χ1) is 13.4. The molecule has 136 valence electrons. The number of hydrogen-bond acceptors (Lipinski definition) is 5. The smallest absolute Gasteiger partial charge is 0.162 e. The summed E-state index contributed by atoms with van der Waals surface area (Å²) in [6.07, 6.45) is 0.797. The van der Waals surface area contributed by atoms with E-state index in [1.807, 2.05) is 36.4 Å². The molecule has 0 radical (unpaired) electrons. The van der Waals surface area contributed by atoms with Gasteiger partial charge in [0.1, 0.15) is 11.6 Å². The molecule has 5 rings (SSSR count). The molecule has 0 aliphatic carbocycles. The van der Waals surface area contributed by atoms with Gasteiger partial charge in [0.05, 0.1) is 25.5 Å². The molecule has 2 aliphatic rings. The van der Waals surface area contributed by atoms with Crippen LogP contribution in [0.15, 0.2) is 54.6 Å². The van der Waals surface area contributed by atoms with Crippen LogP contribution < -0.4 is 9.64 Å². The van der Waals surface area contributed by atoms with Gasteiger partial charge in [-0.2, -0.15) is 0 Å². The molecule has 3 aromatic rings. The highest BCUT2D eigenvalue weighted by atomic mass is 16.5. The Bertz CT molecular complexity index is 953. The first kappa shape index (κ1) is 16.3. The van der Waals surface area contributed by atoms with Gasteiger partial charge in [-0.15, -0.1) is 0 Å². The second-order valence-corrected chi connectivity index (χ2v) is 6.76. The monoisotopic (exact) mass is 359 g/mol. The van der Waals surface area contributed by atoms with E-state index < -0.39 is 0 Å². The van der Waals surface area contributed by atoms with Gasteiger partial charge in [0.15, 0.2) is 5.82 Å². The highest BCUT2D eigenvalue weighted by Crippen LogP contribution is 2.38. The highest BCUT2D eigenvalue weighted by molar-refractivity contribution is 5.77. The third-order valence-corrected chi connectivity index (χ3v) is 5.08. The number of benzene rings is 2. The molecule has 2 aromatic carbocycles. The lowest BCUT2D eigenvalue weighted by atomic mass is 10.0. The van der Waals surface area contributed by atoms with Crippen molar-refractivity contribution in [1.82, 2.24) is 9.97 Å². The summed E-state index contributed by atoms with van der Waals surface area (Å²) in [4.78, 5) is 12.3. The van der Waals surface area contributed by atoms with E-state index in [-0.39, 0.29) is 0 Å². The molecular weight excluding hydrogens is 338 g/mol. The lowest BCUT2D eigenvalue weighted by Crippen LogP contribution is -2.37. The Morgan fingerprint density at radius 3 is 2.44 bits per heavy atom. The maximum Gasteiger partial charge on any atom is 0.162 e. The lowest BCUT2D eigenvalue weighted by molar-refractivity contribution is 0.122. The molecule has 1 fully saturated rings. The number of nitrogens with zero attached hydrogens (tertiary/aromatic N) is 3. The van der Waals surface area contributed by atoms with Gasteiger partial charge in [0.25, 0.3) is 0 Å². The molecule has 5 heteroatoms. The Hall–Kier alpha value is -2.92. The first-order valence-electron chi connectivity index (χ1n) is 9.41. The third kappa shape index (κ3) is 3.04. The standard InChI is InChI=1S/C22H21N3O2/c1-2-6-16(7-3-1)21-23-20-17-8-4-5-9-19(17)27-13-10-18(20)22(24-21)25-11-14-26-15-12-25/h1-9H,10-15H2. The van der Waals surface area contributed by atoms with E-state index in [1.54, 1.807) is 0 Å². The predicted octanol–water partition coefficient (Wildman–Crippen LogP) is 3.58. The van der Waals surface area contributed by atoms with Crippen molar-refractivity contribution in [3.63, 3.8) is 0 Å². The summed E-state index contributed by atoms with van der Waals surface area (Å²) in [5.74, 6) is 2.66. The molecular formula is C22H21N3O2. The molecule has 1 saturated heterocycles. The van der Waals surface area contributed by atoms with Crippen molar-refractivity contribution < 1.29 is 9.47 Å². The number of anilines is 1. The van der Waals surface area contributed by atoms with Crippen LogP contribution in [0.5, 0.6) is 5.75 Å². The number of morpholine rings is 1. The Morgan fingerprint density at radius 1 is 0.815 bits per heavy atom. The van der Waals surface area contributed by atoms with Gasteiger partial charge < -0.3 is 14.4 Å². The molecule has 0 saturated carbocycles. The zero-order valence-corrected chi connectivity index (χ0v) is 15.1. The maximum absolute atomic E-state index is 6.01. The van der Waals surface area contributed by atoms with Crippen LogP contribution in [-0.4, -0.2) is 42.9 Å². The fourth-order valence-corrected chi connectivity index (χ4v) is 3.73. The highest BCUT2D eigenvalue weighted by Gasteiger charge is 2.25. The van der Waals surface area contributed by atoms with Crippen molar-refractivity contribution in [1.29, 1.82) is 0 Å².